The Morgan fingerprint density at radius 1 is 0.848 bits per heavy atom. The van der Waals surface area contributed by atoms with Crippen molar-refractivity contribution in [2.45, 2.75) is 62.1 Å². The first-order valence-corrected chi connectivity index (χ1v) is 15.9. The normalized spacial score (nSPS) is 16.7. The van der Waals surface area contributed by atoms with E-state index in [9.17, 15) is 24.5 Å². The number of nitrogens with zero attached hydrogens (tertiary/aromatic N) is 1. The molecule has 2 aromatic carbocycles. The predicted molar refractivity (Wildman–Crippen MR) is 177 cm³/mol. The Morgan fingerprint density at radius 2 is 1.35 bits per heavy atom. The van der Waals surface area contributed by atoms with E-state index in [2.05, 4.69) is 0 Å². The Labute approximate surface area is 282 Å². The number of hydrogen-bond donors (Lipinski definition) is 0. The van der Waals surface area contributed by atoms with Crippen molar-refractivity contribution in [3.8, 4) is 23.0 Å². The third kappa shape index (κ3) is 6.89. The third-order valence-electron chi connectivity index (χ3n) is 8.06. The van der Waals surface area contributed by atoms with Crippen LogP contribution in [-0.2, 0) is 15.0 Å². The lowest BCUT2D eigenvalue weighted by molar-refractivity contribution is -0.417. The number of carbonyl (C=O) groups is 3. The first kappa shape index (κ1) is 36.9. The van der Waals surface area contributed by atoms with Crippen LogP contribution in [-0.4, -0.2) is 55.0 Å². The lowest BCUT2D eigenvalue weighted by Gasteiger charge is -2.36. The van der Waals surface area contributed by atoms with E-state index in [1.165, 1.54) is 34.5 Å². The monoisotopic (exact) mass is 695 g/mol. The number of nitro groups is 1. The van der Waals surface area contributed by atoms with Crippen molar-refractivity contribution in [3.05, 3.63) is 74.0 Å². The maximum Gasteiger partial charge on any atom is 0.328 e. The average molecular weight is 697 g/mol. The maximum atomic E-state index is 13.8. The molecule has 10 nitrogen and oxygen atoms in total. The van der Waals surface area contributed by atoms with E-state index in [0.717, 1.165) is 12.8 Å². The molecule has 0 bridgehead atoms. The first-order valence-electron chi connectivity index (χ1n) is 14.6. The molecule has 0 saturated heterocycles. The Morgan fingerprint density at radius 3 is 1.85 bits per heavy atom. The fraction of sp³-hybridized carbons (Fsp3) is 0.424. The molecule has 0 aliphatic heterocycles. The van der Waals surface area contributed by atoms with Gasteiger partial charge in [-0.3, -0.25) is 24.5 Å². The highest BCUT2D eigenvalue weighted by atomic mass is 35.6. The molecular weight excluding hydrogens is 661 g/mol. The molecule has 4 rings (SSSR count). The number of methoxy groups -OCH3 is 4. The maximum absolute atomic E-state index is 13.8. The van der Waals surface area contributed by atoms with E-state index in [1.807, 2.05) is 13.8 Å². The van der Waals surface area contributed by atoms with Gasteiger partial charge in [-0.1, -0.05) is 67.9 Å². The van der Waals surface area contributed by atoms with Crippen LogP contribution in [0.4, 0.5) is 0 Å². The van der Waals surface area contributed by atoms with E-state index in [4.69, 9.17) is 53.8 Å². The number of carbonyl (C=O) groups excluding carboxylic acids is 3. The summed E-state index contributed by atoms with van der Waals surface area (Å²) in [5.74, 6) is -0.975. The van der Waals surface area contributed by atoms with Crippen molar-refractivity contribution < 1.29 is 38.3 Å². The molecule has 13 heteroatoms. The van der Waals surface area contributed by atoms with E-state index in [-0.39, 0.29) is 23.4 Å². The van der Waals surface area contributed by atoms with Gasteiger partial charge in [0.05, 0.1) is 38.9 Å². The van der Waals surface area contributed by atoms with Crippen molar-refractivity contribution in [1.29, 1.82) is 0 Å². The van der Waals surface area contributed by atoms with Gasteiger partial charge in [0.15, 0.2) is 33.1 Å². The fourth-order valence-electron chi connectivity index (χ4n) is 6.06. The van der Waals surface area contributed by atoms with Gasteiger partial charge in [-0.15, -0.1) is 0 Å². The summed E-state index contributed by atoms with van der Waals surface area (Å²) in [7, 11) is 5.88. The van der Waals surface area contributed by atoms with Crippen LogP contribution in [0.5, 0.6) is 23.0 Å². The van der Waals surface area contributed by atoms with Crippen molar-refractivity contribution in [1.82, 2.24) is 0 Å². The summed E-state index contributed by atoms with van der Waals surface area (Å²) in [5, 5.41) is 12.4. The standard InChI is InChI=1S/C32H35NO9.CHCl3/c1-7-9-11-23(34)18-13-25(39-3)27(41-5)16-20(18)32(12-10-8-2)21-17-28(42-6)26(40-4)14-19(21)29-22(32)15-24(35)31(36)30(29)33(37)38;2-1(3)4/h13-17H,7-12H2,1-6H3;1H/t32-;/m0./s1. The van der Waals surface area contributed by atoms with Crippen LogP contribution in [0.2, 0.25) is 0 Å². The zero-order valence-corrected chi connectivity index (χ0v) is 28.7. The molecule has 0 N–H and O–H groups in total. The smallest absolute Gasteiger partial charge is 0.328 e. The minimum atomic E-state index is -1.24. The van der Waals surface area contributed by atoms with E-state index >= 15 is 0 Å². The SMILES string of the molecule is CCCCC(=O)c1cc(OC)c(OC)cc1[C@]1(CCCC)C2=CC(=O)C(=O)C([N+](=O)[O-])=C2c2cc(OC)c(OC)cc21.ClC(Cl)Cl. The number of rotatable bonds is 13. The molecule has 46 heavy (non-hydrogen) atoms. The quantitative estimate of drug-likeness (QED) is 0.0518. The highest BCUT2D eigenvalue weighted by molar-refractivity contribution is 6.63. The largest absolute Gasteiger partial charge is 0.493 e. The van der Waals surface area contributed by atoms with Crippen molar-refractivity contribution in [3.63, 3.8) is 0 Å². The van der Waals surface area contributed by atoms with Gasteiger partial charge in [-0.2, -0.15) is 0 Å². The molecule has 2 aliphatic rings. The average Bonchev–Trinajstić information content (AvgIpc) is 3.29. The van der Waals surface area contributed by atoms with Crippen LogP contribution in [0.1, 0.15) is 79.4 Å². The van der Waals surface area contributed by atoms with Gasteiger partial charge in [0.25, 0.3) is 0 Å². The summed E-state index contributed by atoms with van der Waals surface area (Å²) < 4.78 is 21.6. The second-order valence-electron chi connectivity index (χ2n) is 10.5. The van der Waals surface area contributed by atoms with Gasteiger partial charge in [0.1, 0.15) is 0 Å². The fourth-order valence-corrected chi connectivity index (χ4v) is 6.06. The molecule has 0 radical (unpaired) electrons. The number of ether oxygens (including phenoxy) is 4. The molecular formula is C33H36Cl3NO9. The van der Waals surface area contributed by atoms with Gasteiger partial charge in [-0.05, 0) is 65.4 Å². The second-order valence-corrected chi connectivity index (χ2v) is 12.5. The molecule has 0 aromatic heterocycles. The van der Waals surface area contributed by atoms with Crippen molar-refractivity contribution >= 4 is 57.7 Å². The molecule has 248 valence electrons. The summed E-state index contributed by atoms with van der Waals surface area (Å²) in [6, 6.07) is 6.66. The number of Topliss-reactive ketones (excluding diaryl/α,β-unsaturated/α-hetero) is 2. The van der Waals surface area contributed by atoms with Crippen molar-refractivity contribution in [2.24, 2.45) is 0 Å². The van der Waals surface area contributed by atoms with Crippen LogP contribution < -0.4 is 18.9 Å². The van der Waals surface area contributed by atoms with Crippen molar-refractivity contribution in [2.75, 3.05) is 28.4 Å². The molecule has 0 amide bonds. The summed E-state index contributed by atoms with van der Waals surface area (Å²) in [4.78, 5) is 51.5. The Balaban J connectivity index is 0.00000136. The lowest BCUT2D eigenvalue weighted by Crippen LogP contribution is -2.33. The number of hydrogen-bond acceptors (Lipinski definition) is 9. The summed E-state index contributed by atoms with van der Waals surface area (Å²) >= 11 is 14.4. The first-order chi connectivity index (χ1) is 21.9. The van der Waals surface area contributed by atoms with E-state index in [0.29, 0.717) is 64.5 Å². The van der Waals surface area contributed by atoms with Gasteiger partial charge in [0.2, 0.25) is 5.78 Å². The van der Waals surface area contributed by atoms with Crippen LogP contribution >= 0.6 is 34.8 Å². The van der Waals surface area contributed by atoms with Gasteiger partial charge >= 0.3 is 11.5 Å². The number of allylic oxidation sites excluding steroid dienone is 4. The Kier molecular flexibility index (Phi) is 12.7. The Bertz CT molecular complexity index is 1600. The molecule has 2 aromatic rings. The molecule has 0 fully saturated rings. The van der Waals surface area contributed by atoms with Gasteiger partial charge < -0.3 is 18.9 Å². The van der Waals surface area contributed by atoms with Crippen LogP contribution in [0.15, 0.2) is 41.6 Å². The topological polar surface area (TPSA) is 131 Å². The lowest BCUT2D eigenvalue weighted by atomic mass is 9.66. The van der Waals surface area contributed by atoms with Gasteiger partial charge in [0, 0.05) is 17.4 Å². The highest BCUT2D eigenvalue weighted by Crippen LogP contribution is 2.61. The molecule has 2 aliphatic carbocycles. The summed E-state index contributed by atoms with van der Waals surface area (Å²) in [6.07, 6.45) is 4.66. The molecule has 0 unspecified atom stereocenters. The van der Waals surface area contributed by atoms with E-state index < -0.39 is 31.9 Å². The third-order valence-corrected chi connectivity index (χ3v) is 8.06. The Hall–Kier alpha value is -3.60. The molecule has 0 heterocycles. The van der Waals surface area contributed by atoms with E-state index in [1.54, 1.807) is 24.3 Å². The predicted octanol–water partition coefficient (Wildman–Crippen LogP) is 7.64. The molecule has 1 atom stereocenters. The summed E-state index contributed by atoms with van der Waals surface area (Å²) in [6.45, 7) is 3.99. The zero-order valence-electron chi connectivity index (χ0n) is 26.5. The summed E-state index contributed by atoms with van der Waals surface area (Å²) in [5.41, 5.74) is 0.0738. The molecule has 0 spiro atoms. The number of benzene rings is 2. The van der Waals surface area contributed by atoms with Crippen LogP contribution in [0.25, 0.3) is 5.57 Å². The number of ketones is 3. The van der Waals surface area contributed by atoms with Crippen LogP contribution in [0, 0.1) is 10.1 Å². The minimum Gasteiger partial charge on any atom is -0.493 e. The highest BCUT2D eigenvalue weighted by Gasteiger charge is 2.55. The zero-order chi connectivity index (χ0) is 34.3. The molecule has 0 saturated carbocycles. The minimum absolute atomic E-state index is 0.0402. The van der Waals surface area contributed by atoms with Gasteiger partial charge in [-0.25, -0.2) is 0 Å². The second kappa shape index (κ2) is 15.8. The number of halogens is 3. The number of alkyl halides is 3. The van der Waals surface area contributed by atoms with Crippen LogP contribution in [0.3, 0.4) is 0 Å². The number of fused-ring (bicyclic) bond motifs is 3. The number of unbranched alkanes of at least 4 members (excludes halogenated alkanes) is 2.